The first-order chi connectivity index (χ1) is 10.2. The van der Waals surface area contributed by atoms with E-state index in [2.05, 4.69) is 6.58 Å². The van der Waals surface area contributed by atoms with Crippen LogP contribution in [-0.2, 0) is 16.0 Å². The van der Waals surface area contributed by atoms with Gasteiger partial charge in [-0.3, -0.25) is 0 Å². The van der Waals surface area contributed by atoms with Gasteiger partial charge < -0.3 is 14.9 Å². The van der Waals surface area contributed by atoms with Crippen molar-refractivity contribution in [1.29, 1.82) is 0 Å². The van der Waals surface area contributed by atoms with Crippen molar-refractivity contribution >= 4 is 5.97 Å². The van der Waals surface area contributed by atoms with Crippen LogP contribution < -0.4 is 4.74 Å². The first-order valence-corrected chi connectivity index (χ1v) is 6.71. The first kappa shape index (κ1) is 19.2. The van der Waals surface area contributed by atoms with Crippen molar-refractivity contribution in [3.63, 3.8) is 0 Å². The summed E-state index contributed by atoms with van der Waals surface area (Å²) in [5.41, 5.74) is -5.10. The van der Waals surface area contributed by atoms with Crippen LogP contribution in [0, 0.1) is 0 Å². The zero-order valence-electron chi connectivity index (χ0n) is 13.3. The van der Waals surface area contributed by atoms with Gasteiger partial charge >= 0.3 is 12.1 Å². The number of hydrogen-bond donors (Lipinski definition) is 2. The lowest BCUT2D eigenvalue weighted by Gasteiger charge is -2.29. The number of esters is 1. The van der Waals surface area contributed by atoms with Crippen molar-refractivity contribution in [3.8, 4) is 5.75 Å². The number of rotatable bonds is 4. The molecule has 0 bridgehead atoms. The molecule has 1 aromatic rings. The maximum absolute atomic E-state index is 13.0. The highest BCUT2D eigenvalue weighted by Crippen LogP contribution is 2.41. The molecule has 1 rings (SSSR count). The Morgan fingerprint density at radius 3 is 1.96 bits per heavy atom. The molecule has 0 aliphatic heterocycles. The van der Waals surface area contributed by atoms with Gasteiger partial charge in [0.25, 0.3) is 0 Å². The Morgan fingerprint density at radius 2 is 1.57 bits per heavy atom. The van der Waals surface area contributed by atoms with Crippen LogP contribution in [0.15, 0.2) is 30.4 Å². The van der Waals surface area contributed by atoms with Crippen LogP contribution in [0.25, 0.3) is 0 Å². The predicted molar refractivity (Wildman–Crippen MR) is 77.8 cm³/mol. The smallest absolute Gasteiger partial charge is 0.421 e. The van der Waals surface area contributed by atoms with Crippen LogP contribution in [0.2, 0.25) is 0 Å². The van der Waals surface area contributed by atoms with Gasteiger partial charge in [0.15, 0.2) is 5.60 Å². The Hall–Kier alpha value is -1.86. The maximum Gasteiger partial charge on any atom is 0.421 e. The van der Waals surface area contributed by atoms with E-state index in [4.69, 9.17) is 4.74 Å². The summed E-state index contributed by atoms with van der Waals surface area (Å²) in [6, 6.07) is 3.16. The highest BCUT2D eigenvalue weighted by molar-refractivity contribution is 5.88. The summed E-state index contributed by atoms with van der Waals surface area (Å²) < 4.78 is 44.0. The summed E-state index contributed by atoms with van der Waals surface area (Å²) >= 11 is 0. The van der Waals surface area contributed by atoms with E-state index < -0.39 is 28.9 Å². The minimum absolute atomic E-state index is 0.0581. The van der Waals surface area contributed by atoms with Crippen LogP contribution in [0.4, 0.5) is 13.2 Å². The molecule has 0 aliphatic carbocycles. The molecule has 0 amide bonds. The molecule has 0 heterocycles. The molecule has 0 saturated carbocycles. The lowest BCUT2D eigenvalue weighted by Crippen LogP contribution is -2.39. The third kappa shape index (κ3) is 4.33. The van der Waals surface area contributed by atoms with Crippen LogP contribution in [0.3, 0.4) is 0 Å². The average molecular weight is 332 g/mol. The number of carbonyl (C=O) groups is 1. The SMILES string of the molecule is C=C(C)C(=O)Oc1cc(C(C)(C)O)cc(C(C)(O)C(F)(F)F)c1. The fourth-order valence-corrected chi connectivity index (χ4v) is 1.65. The Labute approximate surface area is 132 Å². The minimum Gasteiger partial charge on any atom is -0.423 e. The maximum atomic E-state index is 13.0. The van der Waals surface area contributed by atoms with Crippen LogP contribution in [-0.4, -0.2) is 22.4 Å². The van der Waals surface area contributed by atoms with Crippen molar-refractivity contribution in [3.05, 3.63) is 41.5 Å². The number of carbonyl (C=O) groups excluding carboxylic acids is 1. The molecule has 0 saturated heterocycles. The number of ether oxygens (including phenoxy) is 1. The molecule has 7 heteroatoms. The normalized spacial score (nSPS) is 15.0. The average Bonchev–Trinajstić information content (AvgIpc) is 2.35. The van der Waals surface area contributed by atoms with E-state index in [1.165, 1.54) is 26.8 Å². The van der Waals surface area contributed by atoms with Crippen molar-refractivity contribution < 1.29 is 32.9 Å². The van der Waals surface area contributed by atoms with Crippen LogP contribution in [0.1, 0.15) is 38.8 Å². The summed E-state index contributed by atoms with van der Waals surface area (Å²) in [7, 11) is 0. The van der Waals surface area contributed by atoms with Crippen molar-refractivity contribution in [1.82, 2.24) is 0 Å². The van der Waals surface area contributed by atoms with E-state index in [9.17, 15) is 28.2 Å². The van der Waals surface area contributed by atoms with Gasteiger partial charge in [-0.2, -0.15) is 13.2 Å². The van der Waals surface area contributed by atoms with E-state index in [0.717, 1.165) is 12.1 Å². The van der Waals surface area contributed by atoms with E-state index in [1.807, 2.05) is 0 Å². The molecular formula is C16H19F3O4. The van der Waals surface area contributed by atoms with E-state index in [0.29, 0.717) is 6.92 Å². The summed E-state index contributed by atoms with van der Waals surface area (Å²) in [5.74, 6) is -1.05. The second-order valence-corrected chi connectivity index (χ2v) is 6.04. The van der Waals surface area contributed by atoms with E-state index in [-0.39, 0.29) is 16.9 Å². The van der Waals surface area contributed by atoms with Crippen molar-refractivity contribution in [2.75, 3.05) is 0 Å². The molecule has 1 atom stereocenters. The Morgan fingerprint density at radius 1 is 1.09 bits per heavy atom. The monoisotopic (exact) mass is 332 g/mol. The van der Waals surface area contributed by atoms with Crippen molar-refractivity contribution in [2.24, 2.45) is 0 Å². The second kappa shape index (κ2) is 5.98. The Bertz CT molecular complexity index is 625. The number of aliphatic hydroxyl groups is 2. The van der Waals surface area contributed by atoms with Gasteiger partial charge in [-0.05, 0) is 57.0 Å². The summed E-state index contributed by atoms with van der Waals surface area (Å²) in [4.78, 5) is 11.6. The third-order valence-corrected chi connectivity index (χ3v) is 3.29. The zero-order chi connectivity index (χ0) is 18.2. The third-order valence-electron chi connectivity index (χ3n) is 3.29. The lowest BCUT2D eigenvalue weighted by molar-refractivity contribution is -0.258. The molecule has 1 unspecified atom stereocenters. The van der Waals surface area contributed by atoms with Gasteiger partial charge in [0.2, 0.25) is 0 Å². The van der Waals surface area contributed by atoms with Gasteiger partial charge in [0.05, 0.1) is 5.60 Å². The van der Waals surface area contributed by atoms with E-state index in [1.54, 1.807) is 0 Å². The molecule has 4 nitrogen and oxygen atoms in total. The molecule has 0 spiro atoms. The Kier molecular flexibility index (Phi) is 4.98. The van der Waals surface area contributed by atoms with Crippen LogP contribution in [0.5, 0.6) is 5.75 Å². The summed E-state index contributed by atoms with van der Waals surface area (Å²) in [5, 5.41) is 19.8. The molecule has 0 radical (unpaired) electrons. The number of halogens is 3. The number of benzene rings is 1. The van der Waals surface area contributed by atoms with Gasteiger partial charge in [-0.15, -0.1) is 0 Å². The molecule has 23 heavy (non-hydrogen) atoms. The summed E-state index contributed by atoms with van der Waals surface area (Å²) in [6.07, 6.45) is -4.94. The number of hydrogen-bond acceptors (Lipinski definition) is 4. The quantitative estimate of drug-likeness (QED) is 0.505. The van der Waals surface area contributed by atoms with Gasteiger partial charge in [-0.25, -0.2) is 4.79 Å². The molecule has 0 aromatic heterocycles. The fourth-order valence-electron chi connectivity index (χ4n) is 1.65. The molecule has 0 aliphatic rings. The zero-order valence-corrected chi connectivity index (χ0v) is 13.3. The molecule has 1 aromatic carbocycles. The fraction of sp³-hybridized carbons (Fsp3) is 0.438. The number of alkyl halides is 3. The molecular weight excluding hydrogens is 313 g/mol. The van der Waals surface area contributed by atoms with Crippen molar-refractivity contribution in [2.45, 2.75) is 45.1 Å². The largest absolute Gasteiger partial charge is 0.423 e. The molecule has 0 fully saturated rings. The highest BCUT2D eigenvalue weighted by Gasteiger charge is 2.51. The Balaban J connectivity index is 3.48. The first-order valence-electron chi connectivity index (χ1n) is 6.71. The summed E-state index contributed by atoms with van der Waals surface area (Å²) in [6.45, 7) is 8.07. The standard InChI is InChI=1S/C16H19F3O4/c1-9(2)13(20)23-12-7-10(14(3,4)21)6-11(8-12)15(5,22)16(17,18)19/h6-8,21-22H,1H2,2-5H3. The lowest BCUT2D eigenvalue weighted by atomic mass is 9.89. The second-order valence-electron chi connectivity index (χ2n) is 6.04. The molecule has 2 N–H and O–H groups in total. The molecule has 128 valence electrons. The predicted octanol–water partition coefficient (Wildman–Crippen LogP) is 3.17. The van der Waals surface area contributed by atoms with Crippen LogP contribution >= 0.6 is 0 Å². The van der Waals surface area contributed by atoms with Gasteiger partial charge in [0, 0.05) is 5.57 Å². The topological polar surface area (TPSA) is 66.8 Å². The minimum atomic E-state index is -4.94. The van der Waals surface area contributed by atoms with E-state index >= 15 is 0 Å². The highest BCUT2D eigenvalue weighted by atomic mass is 19.4. The van der Waals surface area contributed by atoms with Gasteiger partial charge in [-0.1, -0.05) is 6.58 Å². The van der Waals surface area contributed by atoms with Gasteiger partial charge in [0.1, 0.15) is 5.75 Å².